The normalized spacial score (nSPS) is 19.4. The summed E-state index contributed by atoms with van der Waals surface area (Å²) in [4.78, 5) is 0. The van der Waals surface area contributed by atoms with Crippen LogP contribution in [-0.2, 0) is 6.54 Å². The van der Waals surface area contributed by atoms with Gasteiger partial charge < -0.3 is 9.73 Å². The number of thioether (sulfide) groups is 1. The lowest BCUT2D eigenvalue weighted by Gasteiger charge is -2.35. The summed E-state index contributed by atoms with van der Waals surface area (Å²) < 4.78 is 6.76. The van der Waals surface area contributed by atoms with Gasteiger partial charge in [0.05, 0.1) is 6.54 Å². The van der Waals surface area contributed by atoms with Crippen molar-refractivity contribution in [2.75, 3.05) is 12.8 Å². The maximum absolute atomic E-state index is 5.49. The maximum atomic E-state index is 5.49. The zero-order chi connectivity index (χ0) is 12.1. The molecule has 0 atom stereocenters. The Morgan fingerprint density at radius 3 is 2.71 bits per heavy atom. The van der Waals surface area contributed by atoms with Crippen molar-refractivity contribution < 1.29 is 4.42 Å². The average Bonchev–Trinajstić information content (AvgIpc) is 2.76. The molecule has 1 fully saturated rings. The molecule has 0 aromatic carbocycles. The molecule has 0 saturated heterocycles. The molecule has 0 spiro atoms. The Balaban J connectivity index is 1.79. The van der Waals surface area contributed by atoms with Crippen molar-refractivity contribution in [3.63, 3.8) is 0 Å². The molecule has 1 N–H and O–H groups in total. The predicted molar refractivity (Wildman–Crippen MR) is 77.4 cm³/mol. The lowest BCUT2D eigenvalue weighted by Crippen LogP contribution is -2.39. The maximum Gasteiger partial charge on any atom is 0.169 e. The third kappa shape index (κ3) is 3.76. The first kappa shape index (κ1) is 13.5. The first-order valence-corrected chi connectivity index (χ1v) is 8.26. The van der Waals surface area contributed by atoms with Gasteiger partial charge in [-0.25, -0.2) is 0 Å². The number of halogens is 1. The fourth-order valence-corrected chi connectivity index (χ4v) is 3.79. The molecule has 1 aliphatic carbocycles. The summed E-state index contributed by atoms with van der Waals surface area (Å²) in [5.74, 6) is 1.00. The van der Waals surface area contributed by atoms with E-state index in [0.29, 0.717) is 4.75 Å². The molecule has 0 aliphatic heterocycles. The highest BCUT2D eigenvalue weighted by molar-refractivity contribution is 9.10. The number of hydrogen-bond donors (Lipinski definition) is 1. The zero-order valence-electron chi connectivity index (χ0n) is 10.3. The Hall–Kier alpha value is 0.0700. The van der Waals surface area contributed by atoms with Crippen LogP contribution in [0.15, 0.2) is 21.2 Å². The minimum atomic E-state index is 0.460. The number of hydrogen-bond acceptors (Lipinski definition) is 3. The second kappa shape index (κ2) is 6.30. The van der Waals surface area contributed by atoms with Crippen molar-refractivity contribution in [1.82, 2.24) is 5.32 Å². The van der Waals surface area contributed by atoms with Gasteiger partial charge in [-0.05, 0) is 47.2 Å². The fourth-order valence-electron chi connectivity index (χ4n) is 2.51. The quantitative estimate of drug-likeness (QED) is 0.881. The van der Waals surface area contributed by atoms with E-state index in [-0.39, 0.29) is 0 Å². The summed E-state index contributed by atoms with van der Waals surface area (Å²) in [7, 11) is 0. The van der Waals surface area contributed by atoms with Crippen LogP contribution in [0.1, 0.15) is 37.9 Å². The van der Waals surface area contributed by atoms with Gasteiger partial charge in [-0.1, -0.05) is 19.3 Å². The minimum Gasteiger partial charge on any atom is -0.453 e. The van der Waals surface area contributed by atoms with Crippen LogP contribution in [0.25, 0.3) is 0 Å². The van der Waals surface area contributed by atoms with Crippen LogP contribution >= 0.6 is 27.7 Å². The van der Waals surface area contributed by atoms with Gasteiger partial charge >= 0.3 is 0 Å². The van der Waals surface area contributed by atoms with Gasteiger partial charge in [0.15, 0.2) is 4.67 Å². The Labute approximate surface area is 116 Å². The van der Waals surface area contributed by atoms with Crippen LogP contribution in [0.4, 0.5) is 0 Å². The molecule has 1 aliphatic rings. The first-order chi connectivity index (χ1) is 8.24. The van der Waals surface area contributed by atoms with Gasteiger partial charge in [0.25, 0.3) is 0 Å². The van der Waals surface area contributed by atoms with E-state index >= 15 is 0 Å². The standard InChI is InChI=1S/C13H20BrNOS/c1-17-13(7-3-2-4-8-13)10-15-9-11-5-6-12(14)16-11/h5-6,15H,2-4,7-10H2,1H3. The first-order valence-electron chi connectivity index (χ1n) is 6.24. The molecule has 0 amide bonds. The molecule has 2 rings (SSSR count). The Bertz CT molecular complexity index is 347. The van der Waals surface area contributed by atoms with E-state index in [9.17, 15) is 0 Å². The smallest absolute Gasteiger partial charge is 0.169 e. The van der Waals surface area contributed by atoms with Crippen LogP contribution in [0.2, 0.25) is 0 Å². The monoisotopic (exact) mass is 317 g/mol. The second-order valence-corrected chi connectivity index (χ2v) is 6.81. The highest BCUT2D eigenvalue weighted by Crippen LogP contribution is 2.37. The van der Waals surface area contributed by atoms with Crippen molar-refractivity contribution in [3.05, 3.63) is 22.6 Å². The van der Waals surface area contributed by atoms with Crippen LogP contribution in [0.3, 0.4) is 0 Å². The van der Waals surface area contributed by atoms with E-state index in [1.54, 1.807) is 0 Å². The second-order valence-electron chi connectivity index (χ2n) is 4.76. The number of nitrogens with one attached hydrogen (secondary N) is 1. The molecular weight excluding hydrogens is 298 g/mol. The summed E-state index contributed by atoms with van der Waals surface area (Å²) in [6.07, 6.45) is 9.12. The number of rotatable bonds is 5. The molecule has 0 bridgehead atoms. The highest BCUT2D eigenvalue weighted by atomic mass is 79.9. The predicted octanol–water partition coefficient (Wildman–Crippen LogP) is 4.20. The van der Waals surface area contributed by atoms with Crippen LogP contribution in [0, 0.1) is 0 Å². The van der Waals surface area contributed by atoms with Gasteiger partial charge in [0.1, 0.15) is 5.76 Å². The van der Waals surface area contributed by atoms with E-state index in [1.165, 1.54) is 32.1 Å². The summed E-state index contributed by atoms with van der Waals surface area (Å²) in [6, 6.07) is 3.96. The average molecular weight is 318 g/mol. The molecule has 17 heavy (non-hydrogen) atoms. The topological polar surface area (TPSA) is 25.2 Å². The van der Waals surface area contributed by atoms with Crippen molar-refractivity contribution in [2.24, 2.45) is 0 Å². The summed E-state index contributed by atoms with van der Waals surface area (Å²) >= 11 is 5.36. The Morgan fingerprint density at radius 1 is 1.35 bits per heavy atom. The highest BCUT2D eigenvalue weighted by Gasteiger charge is 2.30. The van der Waals surface area contributed by atoms with Gasteiger partial charge in [-0.2, -0.15) is 11.8 Å². The van der Waals surface area contributed by atoms with Crippen LogP contribution in [0.5, 0.6) is 0 Å². The molecule has 0 radical (unpaired) electrons. The van der Waals surface area contributed by atoms with Gasteiger partial charge in [0.2, 0.25) is 0 Å². The van der Waals surface area contributed by atoms with Gasteiger partial charge in [-0.3, -0.25) is 0 Å². The molecule has 96 valence electrons. The molecule has 1 heterocycles. The molecular formula is C13H20BrNOS. The Morgan fingerprint density at radius 2 is 2.12 bits per heavy atom. The lowest BCUT2D eigenvalue weighted by atomic mass is 9.88. The van der Waals surface area contributed by atoms with E-state index in [0.717, 1.165) is 23.5 Å². The van der Waals surface area contributed by atoms with Crippen molar-refractivity contribution in [3.8, 4) is 0 Å². The van der Waals surface area contributed by atoms with Crippen molar-refractivity contribution >= 4 is 27.7 Å². The third-order valence-corrected chi connectivity index (χ3v) is 5.42. The minimum absolute atomic E-state index is 0.460. The summed E-state index contributed by atoms with van der Waals surface area (Å²) in [5, 5.41) is 3.54. The summed E-state index contributed by atoms with van der Waals surface area (Å²) in [5.41, 5.74) is 0. The molecule has 1 aromatic heterocycles. The molecule has 1 saturated carbocycles. The van der Waals surface area contributed by atoms with E-state index in [2.05, 4.69) is 27.5 Å². The molecule has 0 unspecified atom stereocenters. The van der Waals surface area contributed by atoms with Crippen molar-refractivity contribution in [2.45, 2.75) is 43.4 Å². The molecule has 1 aromatic rings. The van der Waals surface area contributed by atoms with E-state index in [4.69, 9.17) is 4.42 Å². The van der Waals surface area contributed by atoms with E-state index < -0.39 is 0 Å². The van der Waals surface area contributed by atoms with Gasteiger partial charge in [0, 0.05) is 11.3 Å². The largest absolute Gasteiger partial charge is 0.453 e. The van der Waals surface area contributed by atoms with E-state index in [1.807, 2.05) is 23.9 Å². The van der Waals surface area contributed by atoms with Crippen LogP contribution < -0.4 is 5.32 Å². The third-order valence-electron chi connectivity index (χ3n) is 3.57. The number of furan rings is 1. The zero-order valence-corrected chi connectivity index (χ0v) is 12.7. The fraction of sp³-hybridized carbons (Fsp3) is 0.692. The summed E-state index contributed by atoms with van der Waals surface area (Å²) in [6.45, 7) is 1.92. The van der Waals surface area contributed by atoms with Crippen molar-refractivity contribution in [1.29, 1.82) is 0 Å². The van der Waals surface area contributed by atoms with Crippen LogP contribution in [-0.4, -0.2) is 17.5 Å². The lowest BCUT2D eigenvalue weighted by molar-refractivity contribution is 0.370. The van der Waals surface area contributed by atoms with Gasteiger partial charge in [-0.15, -0.1) is 0 Å². The molecule has 4 heteroatoms. The molecule has 2 nitrogen and oxygen atoms in total. The Kier molecular flexibility index (Phi) is 5.00. The SMILES string of the molecule is CSC1(CNCc2ccc(Br)o2)CCCCC1.